The molecule has 1 aromatic carbocycles. The number of hydrogen-bond acceptors (Lipinski definition) is 2. The number of nitrogens with zero attached hydrogens (tertiary/aromatic N) is 1. The highest BCUT2D eigenvalue weighted by Gasteiger charge is 2.33. The molecule has 0 amide bonds. The van der Waals surface area contributed by atoms with Gasteiger partial charge in [0.25, 0.3) is 0 Å². The van der Waals surface area contributed by atoms with Crippen LogP contribution in [0.2, 0.25) is 0 Å². The summed E-state index contributed by atoms with van der Waals surface area (Å²) in [6.45, 7) is 2.65. The van der Waals surface area contributed by atoms with E-state index in [0.717, 1.165) is 12.0 Å². The molecular weight excluding hydrogens is 226 g/mol. The van der Waals surface area contributed by atoms with Crippen LogP contribution in [0.5, 0.6) is 0 Å². The zero-order chi connectivity index (χ0) is 11.5. The van der Waals surface area contributed by atoms with Crippen LogP contribution in [0.15, 0.2) is 35.2 Å². The summed E-state index contributed by atoms with van der Waals surface area (Å²) in [7, 11) is 0. The van der Waals surface area contributed by atoms with Crippen LogP contribution in [0.3, 0.4) is 0 Å². The van der Waals surface area contributed by atoms with Gasteiger partial charge in [-0.3, -0.25) is 4.90 Å². The highest BCUT2D eigenvalue weighted by molar-refractivity contribution is 7.99. The molecule has 0 atom stereocenters. The average Bonchev–Trinajstić information content (AvgIpc) is 3.23. The molecule has 2 aliphatic rings. The van der Waals surface area contributed by atoms with Crippen molar-refractivity contribution in [1.82, 2.24) is 4.90 Å². The third kappa shape index (κ3) is 3.75. The van der Waals surface area contributed by atoms with Crippen LogP contribution in [-0.2, 0) is 0 Å². The van der Waals surface area contributed by atoms with E-state index in [4.69, 9.17) is 0 Å². The van der Waals surface area contributed by atoms with Gasteiger partial charge in [0.2, 0.25) is 0 Å². The zero-order valence-corrected chi connectivity index (χ0v) is 11.2. The number of rotatable bonds is 7. The summed E-state index contributed by atoms with van der Waals surface area (Å²) >= 11 is 2.00. The second-order valence-electron chi connectivity index (χ2n) is 5.33. The molecule has 0 heterocycles. The Labute approximate surface area is 109 Å². The molecular formula is C15H21NS. The van der Waals surface area contributed by atoms with Crippen molar-refractivity contribution in [3.05, 3.63) is 30.3 Å². The highest BCUT2D eigenvalue weighted by atomic mass is 32.2. The van der Waals surface area contributed by atoms with Crippen molar-refractivity contribution in [2.24, 2.45) is 5.92 Å². The molecule has 0 aromatic heterocycles. The van der Waals surface area contributed by atoms with Crippen molar-refractivity contribution in [1.29, 1.82) is 0 Å². The van der Waals surface area contributed by atoms with Crippen LogP contribution in [-0.4, -0.2) is 29.8 Å². The predicted molar refractivity (Wildman–Crippen MR) is 74.5 cm³/mol. The highest BCUT2D eigenvalue weighted by Crippen LogP contribution is 2.35. The second kappa shape index (κ2) is 5.45. The summed E-state index contributed by atoms with van der Waals surface area (Å²) in [5, 5.41) is 0. The van der Waals surface area contributed by atoms with E-state index in [2.05, 4.69) is 35.2 Å². The molecule has 0 radical (unpaired) electrons. The Hall–Kier alpha value is -0.470. The lowest BCUT2D eigenvalue weighted by atomic mass is 10.3. The van der Waals surface area contributed by atoms with Gasteiger partial charge in [-0.15, -0.1) is 11.8 Å². The van der Waals surface area contributed by atoms with Gasteiger partial charge in [0, 0.05) is 29.8 Å². The largest absolute Gasteiger partial charge is 0.299 e. The monoisotopic (exact) mass is 247 g/mol. The van der Waals surface area contributed by atoms with Crippen LogP contribution in [0, 0.1) is 5.92 Å². The van der Waals surface area contributed by atoms with Crippen molar-refractivity contribution >= 4 is 11.8 Å². The van der Waals surface area contributed by atoms with E-state index in [0.29, 0.717) is 0 Å². The van der Waals surface area contributed by atoms with Gasteiger partial charge < -0.3 is 0 Å². The summed E-state index contributed by atoms with van der Waals surface area (Å²) in [5.41, 5.74) is 0. The standard InChI is InChI=1S/C15H21NS/c1-2-4-15(5-3-1)17-11-10-16(14-8-9-14)12-13-6-7-13/h1-5,13-14H,6-12H2. The van der Waals surface area contributed by atoms with Gasteiger partial charge in [-0.05, 0) is 43.7 Å². The van der Waals surface area contributed by atoms with Crippen LogP contribution in [0.25, 0.3) is 0 Å². The number of benzene rings is 1. The van der Waals surface area contributed by atoms with E-state index in [9.17, 15) is 0 Å². The lowest BCUT2D eigenvalue weighted by Gasteiger charge is -2.21. The van der Waals surface area contributed by atoms with Crippen molar-refractivity contribution in [3.8, 4) is 0 Å². The molecule has 17 heavy (non-hydrogen) atoms. The molecule has 3 rings (SSSR count). The zero-order valence-electron chi connectivity index (χ0n) is 10.3. The summed E-state index contributed by atoms with van der Waals surface area (Å²) < 4.78 is 0. The summed E-state index contributed by atoms with van der Waals surface area (Å²) in [6.07, 6.45) is 5.86. The first kappa shape index (κ1) is 11.6. The van der Waals surface area contributed by atoms with E-state index in [-0.39, 0.29) is 0 Å². The van der Waals surface area contributed by atoms with Crippen LogP contribution in [0.4, 0.5) is 0 Å². The van der Waals surface area contributed by atoms with Gasteiger partial charge in [-0.2, -0.15) is 0 Å². The van der Waals surface area contributed by atoms with Gasteiger partial charge in [-0.25, -0.2) is 0 Å². The maximum Gasteiger partial charge on any atom is 0.0108 e. The molecule has 2 fully saturated rings. The molecule has 0 spiro atoms. The fourth-order valence-corrected chi connectivity index (χ4v) is 3.20. The molecule has 0 bridgehead atoms. The lowest BCUT2D eigenvalue weighted by Crippen LogP contribution is -2.30. The minimum Gasteiger partial charge on any atom is -0.299 e. The molecule has 1 aromatic rings. The molecule has 92 valence electrons. The van der Waals surface area contributed by atoms with Gasteiger partial charge in [0.05, 0.1) is 0 Å². The molecule has 2 aliphatic carbocycles. The van der Waals surface area contributed by atoms with Gasteiger partial charge >= 0.3 is 0 Å². The average molecular weight is 247 g/mol. The Morgan fingerprint density at radius 2 is 1.82 bits per heavy atom. The van der Waals surface area contributed by atoms with Crippen LogP contribution in [0.1, 0.15) is 25.7 Å². The van der Waals surface area contributed by atoms with Crippen LogP contribution >= 0.6 is 11.8 Å². The molecule has 1 nitrogen and oxygen atoms in total. The van der Waals surface area contributed by atoms with E-state index in [1.54, 1.807) is 0 Å². The fraction of sp³-hybridized carbons (Fsp3) is 0.600. The molecule has 2 saturated carbocycles. The maximum atomic E-state index is 2.74. The second-order valence-corrected chi connectivity index (χ2v) is 6.50. The van der Waals surface area contributed by atoms with Crippen LogP contribution < -0.4 is 0 Å². The van der Waals surface area contributed by atoms with Crippen molar-refractivity contribution in [2.45, 2.75) is 36.6 Å². The van der Waals surface area contributed by atoms with E-state index in [1.165, 1.54) is 49.4 Å². The summed E-state index contributed by atoms with van der Waals surface area (Å²) in [6, 6.07) is 11.7. The third-order valence-corrected chi connectivity index (χ3v) is 4.64. The molecule has 0 saturated heterocycles. The Balaban J connectivity index is 1.42. The van der Waals surface area contributed by atoms with Crippen molar-refractivity contribution in [2.75, 3.05) is 18.8 Å². The third-order valence-electron chi connectivity index (χ3n) is 3.64. The summed E-state index contributed by atoms with van der Waals surface area (Å²) in [5.74, 6) is 2.28. The van der Waals surface area contributed by atoms with Gasteiger partial charge in [0.1, 0.15) is 0 Å². The normalized spacial score (nSPS) is 19.8. The van der Waals surface area contributed by atoms with E-state index < -0.39 is 0 Å². The molecule has 0 aliphatic heterocycles. The van der Waals surface area contributed by atoms with Crippen molar-refractivity contribution < 1.29 is 0 Å². The topological polar surface area (TPSA) is 3.24 Å². The Bertz CT molecular complexity index is 343. The fourth-order valence-electron chi connectivity index (χ4n) is 2.29. The first-order valence-corrected chi connectivity index (χ1v) is 7.82. The smallest absolute Gasteiger partial charge is 0.0108 e. The number of thioether (sulfide) groups is 1. The molecule has 0 unspecified atom stereocenters. The lowest BCUT2D eigenvalue weighted by molar-refractivity contribution is 0.268. The SMILES string of the molecule is c1ccc(SCCN(CC2CC2)C2CC2)cc1. The van der Waals surface area contributed by atoms with Gasteiger partial charge in [0.15, 0.2) is 0 Å². The molecule has 2 heteroatoms. The van der Waals surface area contributed by atoms with Crippen molar-refractivity contribution in [3.63, 3.8) is 0 Å². The minimum atomic E-state index is 0.937. The Morgan fingerprint density at radius 3 is 2.47 bits per heavy atom. The Morgan fingerprint density at radius 1 is 1.06 bits per heavy atom. The first-order chi connectivity index (χ1) is 8.42. The quantitative estimate of drug-likeness (QED) is 0.677. The summed E-state index contributed by atoms with van der Waals surface area (Å²) in [4.78, 5) is 4.16. The maximum absolute atomic E-state index is 2.74. The molecule has 0 N–H and O–H groups in total. The van der Waals surface area contributed by atoms with E-state index in [1.807, 2.05) is 11.8 Å². The first-order valence-electron chi connectivity index (χ1n) is 6.84. The Kier molecular flexibility index (Phi) is 3.72. The van der Waals surface area contributed by atoms with Gasteiger partial charge in [-0.1, -0.05) is 18.2 Å². The van der Waals surface area contributed by atoms with E-state index >= 15 is 0 Å². The number of hydrogen-bond donors (Lipinski definition) is 0. The minimum absolute atomic E-state index is 0.937. The predicted octanol–water partition coefficient (Wildman–Crippen LogP) is 3.65.